The Bertz CT molecular complexity index is 1230. The molecule has 2 aromatic rings. The first-order valence-corrected chi connectivity index (χ1v) is 20.5. The highest BCUT2D eigenvalue weighted by molar-refractivity contribution is 5.79. The van der Waals surface area contributed by atoms with E-state index in [1.807, 2.05) is 24.3 Å². The summed E-state index contributed by atoms with van der Waals surface area (Å²) in [6.45, 7) is 16.4. The number of amides is 1. The molecule has 3 rings (SSSR count). The van der Waals surface area contributed by atoms with Gasteiger partial charge in [-0.3, -0.25) is 0 Å². The van der Waals surface area contributed by atoms with E-state index in [0.29, 0.717) is 158 Å². The van der Waals surface area contributed by atoms with E-state index in [-0.39, 0.29) is 12.0 Å². The number of hydrogen-bond acceptors (Lipinski definition) is 13. The Balaban J connectivity index is 0.958. The summed E-state index contributed by atoms with van der Waals surface area (Å²) in [4.78, 5) is 14.2. The fourth-order valence-electron chi connectivity index (χ4n) is 5.60. The maximum absolute atomic E-state index is 12.6. The van der Waals surface area contributed by atoms with Crippen LogP contribution in [0, 0.1) is 5.92 Å². The van der Waals surface area contributed by atoms with Crippen LogP contribution < -0.4 is 0 Å². The van der Waals surface area contributed by atoms with Gasteiger partial charge in [0.05, 0.1) is 139 Å². The normalized spacial score (nSPS) is 12.8. The molecule has 0 heterocycles. The van der Waals surface area contributed by atoms with E-state index < -0.39 is 0 Å². The number of rotatable bonds is 38. The van der Waals surface area contributed by atoms with Crippen LogP contribution in [0.2, 0.25) is 0 Å². The van der Waals surface area contributed by atoms with Crippen molar-refractivity contribution >= 4 is 6.09 Å². The maximum Gasteiger partial charge on any atom is 0.409 e. The lowest BCUT2D eigenvalue weighted by molar-refractivity contribution is -0.0279. The minimum absolute atomic E-state index is 0.0385. The Morgan fingerprint density at radius 1 is 0.509 bits per heavy atom. The molecule has 0 radical (unpaired) electrons. The average Bonchev–Trinajstić information content (AvgIpc) is 3.55. The molecule has 0 N–H and O–H groups in total. The zero-order chi connectivity index (χ0) is 40.4. The first-order chi connectivity index (χ1) is 28.1. The molecule has 0 fully saturated rings. The summed E-state index contributed by atoms with van der Waals surface area (Å²) in [5, 5.41) is 0. The second-order valence-electron chi connectivity index (χ2n) is 13.4. The minimum Gasteiger partial charge on any atom is -0.448 e. The predicted octanol–water partition coefficient (Wildman–Crippen LogP) is 5.10. The second kappa shape index (κ2) is 33.1. The molecule has 0 saturated carbocycles. The molecule has 1 aliphatic rings. The van der Waals surface area contributed by atoms with Crippen molar-refractivity contribution in [2.24, 2.45) is 5.92 Å². The average molecular weight is 808 g/mol. The van der Waals surface area contributed by atoms with Gasteiger partial charge in [-0.1, -0.05) is 68.8 Å². The Labute approximate surface area is 340 Å². The molecule has 0 bridgehead atoms. The van der Waals surface area contributed by atoms with Gasteiger partial charge in [0.1, 0.15) is 6.61 Å². The molecule has 1 amide bonds. The topological polar surface area (TPSA) is 131 Å². The molecule has 2 aromatic carbocycles. The standard InChI is InChI=1S/C43H69NO13/c1-4-37(2)35-56-34-33-55-32-31-54-30-29-53-28-27-52-26-25-51-24-23-50-22-21-49-20-19-48-18-17-47-16-15-46-14-13-44(3)43(45)57-36-42-40-11-7-5-9-38(40)39-10-6-8-12-41(39)42/h5-12,37,42H,4,13-36H2,1-3H3. The zero-order valence-electron chi connectivity index (χ0n) is 34.7. The molecule has 0 aromatic heterocycles. The van der Waals surface area contributed by atoms with E-state index in [2.05, 4.69) is 38.1 Å². The first-order valence-electron chi connectivity index (χ1n) is 20.5. The van der Waals surface area contributed by atoms with Gasteiger partial charge in [0.2, 0.25) is 0 Å². The highest BCUT2D eigenvalue weighted by Crippen LogP contribution is 2.44. The molecule has 0 saturated heterocycles. The highest BCUT2D eigenvalue weighted by Gasteiger charge is 2.29. The van der Waals surface area contributed by atoms with E-state index in [9.17, 15) is 4.79 Å². The summed E-state index contributed by atoms with van der Waals surface area (Å²) in [5.41, 5.74) is 4.80. The van der Waals surface area contributed by atoms with Crippen molar-refractivity contribution in [3.8, 4) is 11.1 Å². The zero-order valence-corrected chi connectivity index (χ0v) is 34.7. The van der Waals surface area contributed by atoms with Gasteiger partial charge < -0.3 is 61.7 Å². The number of fused-ring (bicyclic) bond motifs is 3. The number of benzene rings is 2. The van der Waals surface area contributed by atoms with Crippen molar-refractivity contribution < 1.29 is 61.6 Å². The summed E-state index contributed by atoms with van der Waals surface area (Å²) >= 11 is 0. The number of carbonyl (C=O) groups excluding carboxylic acids is 1. The van der Waals surface area contributed by atoms with E-state index in [4.69, 9.17) is 56.8 Å². The Kier molecular flexibility index (Phi) is 28.3. The van der Waals surface area contributed by atoms with Crippen molar-refractivity contribution in [2.75, 3.05) is 166 Å². The Morgan fingerprint density at radius 3 is 1.18 bits per heavy atom. The number of likely N-dealkylation sites (N-methyl/N-ethyl adjacent to an activating group) is 1. The Hall–Kier alpha value is -2.73. The van der Waals surface area contributed by atoms with Gasteiger partial charge in [0.15, 0.2) is 0 Å². The van der Waals surface area contributed by atoms with Crippen LogP contribution in [0.3, 0.4) is 0 Å². The molecule has 324 valence electrons. The molecule has 14 nitrogen and oxygen atoms in total. The monoisotopic (exact) mass is 807 g/mol. The van der Waals surface area contributed by atoms with E-state index in [1.165, 1.54) is 27.2 Å². The Morgan fingerprint density at radius 2 is 0.825 bits per heavy atom. The van der Waals surface area contributed by atoms with E-state index >= 15 is 0 Å². The van der Waals surface area contributed by atoms with Gasteiger partial charge in [-0.05, 0) is 28.2 Å². The predicted molar refractivity (Wildman–Crippen MR) is 216 cm³/mol. The van der Waals surface area contributed by atoms with Crippen LogP contribution >= 0.6 is 0 Å². The molecule has 1 unspecified atom stereocenters. The van der Waals surface area contributed by atoms with Crippen LogP contribution in [-0.4, -0.2) is 177 Å². The van der Waals surface area contributed by atoms with Crippen molar-refractivity contribution in [3.05, 3.63) is 59.7 Å². The lowest BCUT2D eigenvalue weighted by atomic mass is 9.98. The molecular weight excluding hydrogens is 738 g/mol. The van der Waals surface area contributed by atoms with Crippen molar-refractivity contribution in [3.63, 3.8) is 0 Å². The van der Waals surface area contributed by atoms with Crippen LogP contribution in [0.25, 0.3) is 11.1 Å². The van der Waals surface area contributed by atoms with Gasteiger partial charge >= 0.3 is 6.09 Å². The number of carbonyl (C=O) groups is 1. The molecule has 1 atom stereocenters. The number of ether oxygens (including phenoxy) is 12. The van der Waals surface area contributed by atoms with Gasteiger partial charge in [-0.2, -0.15) is 0 Å². The lowest BCUT2D eigenvalue weighted by Gasteiger charge is -2.19. The third-order valence-electron chi connectivity index (χ3n) is 9.04. The third kappa shape index (κ3) is 22.3. The van der Waals surface area contributed by atoms with Crippen LogP contribution in [0.15, 0.2) is 48.5 Å². The van der Waals surface area contributed by atoms with Crippen LogP contribution in [0.4, 0.5) is 4.79 Å². The maximum atomic E-state index is 12.6. The summed E-state index contributed by atoms with van der Waals surface area (Å²) in [6.07, 6.45) is 0.765. The summed E-state index contributed by atoms with van der Waals surface area (Å²) in [5.74, 6) is 0.630. The molecule has 0 aliphatic heterocycles. The fraction of sp³-hybridized carbons (Fsp3) is 0.698. The molecule has 14 heteroatoms. The van der Waals surface area contributed by atoms with Crippen molar-refractivity contribution in [2.45, 2.75) is 26.2 Å². The first kappa shape index (κ1) is 48.6. The summed E-state index contributed by atoms with van der Waals surface area (Å²) in [6, 6.07) is 16.6. The van der Waals surface area contributed by atoms with Crippen LogP contribution in [-0.2, 0) is 56.8 Å². The minimum atomic E-state index is -0.364. The molecular formula is C43H69NO13. The van der Waals surface area contributed by atoms with Crippen LogP contribution in [0.5, 0.6) is 0 Å². The van der Waals surface area contributed by atoms with E-state index in [0.717, 1.165) is 13.0 Å². The third-order valence-corrected chi connectivity index (χ3v) is 9.04. The largest absolute Gasteiger partial charge is 0.448 e. The van der Waals surface area contributed by atoms with E-state index in [1.54, 1.807) is 7.05 Å². The van der Waals surface area contributed by atoms with Gasteiger partial charge in [0.25, 0.3) is 0 Å². The highest BCUT2D eigenvalue weighted by atomic mass is 16.6. The van der Waals surface area contributed by atoms with Crippen molar-refractivity contribution in [1.82, 2.24) is 4.90 Å². The smallest absolute Gasteiger partial charge is 0.409 e. The van der Waals surface area contributed by atoms with Gasteiger partial charge in [-0.25, -0.2) is 4.79 Å². The lowest BCUT2D eigenvalue weighted by Crippen LogP contribution is -2.32. The van der Waals surface area contributed by atoms with Crippen molar-refractivity contribution in [1.29, 1.82) is 0 Å². The molecule has 0 spiro atoms. The molecule has 1 aliphatic carbocycles. The summed E-state index contributed by atoms with van der Waals surface area (Å²) < 4.78 is 66.4. The number of hydrogen-bond donors (Lipinski definition) is 0. The molecule has 57 heavy (non-hydrogen) atoms. The fourth-order valence-corrected chi connectivity index (χ4v) is 5.60. The quantitative estimate of drug-likeness (QED) is 0.0836. The van der Waals surface area contributed by atoms with Crippen LogP contribution in [0.1, 0.15) is 37.3 Å². The van der Waals surface area contributed by atoms with Gasteiger partial charge in [-0.15, -0.1) is 0 Å². The second-order valence-corrected chi connectivity index (χ2v) is 13.4. The number of nitrogens with zero attached hydrogens (tertiary/aromatic N) is 1. The summed E-state index contributed by atoms with van der Waals surface area (Å²) in [7, 11) is 1.72. The SMILES string of the molecule is CCC(C)COCCOCCOCCOCCOCCOCCOCCOCCOCCOCCOCCN(C)C(=O)OCC1c2ccccc2-c2ccccc21. The van der Waals surface area contributed by atoms with Gasteiger partial charge in [0, 0.05) is 26.1 Å².